The Morgan fingerprint density at radius 1 is 1.13 bits per heavy atom. The summed E-state index contributed by atoms with van der Waals surface area (Å²) in [6, 6.07) is 8.57. The normalized spacial score (nSPS) is 12.3. The molecule has 1 heteroatoms. The highest BCUT2D eigenvalue weighted by molar-refractivity contribution is 5.50. The van der Waals surface area contributed by atoms with Crippen molar-refractivity contribution >= 4 is 6.08 Å². The van der Waals surface area contributed by atoms with Crippen molar-refractivity contribution in [3.05, 3.63) is 41.5 Å². The highest BCUT2D eigenvalue weighted by atomic mass is 16.2. The molecule has 0 bridgehead atoms. The summed E-state index contributed by atoms with van der Waals surface area (Å²) in [6.07, 6.45) is 4.76. The number of hydrogen-bond acceptors (Lipinski definition) is 1. The molecule has 1 aromatic rings. The highest BCUT2D eigenvalue weighted by Crippen LogP contribution is 2.22. The van der Waals surface area contributed by atoms with Crippen LogP contribution in [-0.2, 0) is 5.41 Å². The van der Waals surface area contributed by atoms with Gasteiger partial charge in [0.1, 0.15) is 0 Å². The number of benzene rings is 1. The van der Waals surface area contributed by atoms with Gasteiger partial charge in [0.15, 0.2) is 0 Å². The van der Waals surface area contributed by atoms with Crippen molar-refractivity contribution in [2.24, 2.45) is 0 Å². The summed E-state index contributed by atoms with van der Waals surface area (Å²) >= 11 is 0. The maximum atomic E-state index is 8.64. The third-order valence-corrected chi connectivity index (χ3v) is 2.38. The fourth-order valence-corrected chi connectivity index (χ4v) is 1.39. The number of aliphatic hydroxyl groups excluding tert-OH is 1. The third kappa shape index (κ3) is 3.88. The first-order valence-corrected chi connectivity index (χ1v) is 5.42. The molecule has 0 aliphatic heterocycles. The summed E-state index contributed by atoms with van der Waals surface area (Å²) in [4.78, 5) is 0. The molecule has 1 aromatic carbocycles. The van der Waals surface area contributed by atoms with Gasteiger partial charge in [0, 0.05) is 6.61 Å². The van der Waals surface area contributed by atoms with Gasteiger partial charge in [0.25, 0.3) is 0 Å². The Morgan fingerprint density at radius 3 is 2.20 bits per heavy atom. The molecule has 0 atom stereocenters. The second-order valence-corrected chi connectivity index (χ2v) is 4.79. The number of hydrogen-bond donors (Lipinski definition) is 1. The van der Waals surface area contributed by atoms with Crippen LogP contribution in [0.25, 0.3) is 6.08 Å². The molecule has 82 valence electrons. The molecule has 0 aliphatic carbocycles. The minimum atomic E-state index is 0.216. The van der Waals surface area contributed by atoms with Crippen molar-refractivity contribution in [3.8, 4) is 0 Å². The number of aliphatic hydroxyl groups is 1. The van der Waals surface area contributed by atoms with Crippen LogP contribution in [0.2, 0.25) is 0 Å². The zero-order valence-corrected chi connectivity index (χ0v) is 9.83. The Hall–Kier alpha value is -1.08. The monoisotopic (exact) mass is 204 g/mol. The maximum absolute atomic E-state index is 8.64. The van der Waals surface area contributed by atoms with Gasteiger partial charge >= 0.3 is 0 Å². The molecule has 1 rings (SSSR count). The first-order chi connectivity index (χ1) is 7.04. The molecule has 0 aliphatic rings. The van der Waals surface area contributed by atoms with Crippen LogP contribution >= 0.6 is 0 Å². The molecular formula is C14H20O. The highest BCUT2D eigenvalue weighted by Gasteiger charge is 2.12. The average molecular weight is 204 g/mol. The topological polar surface area (TPSA) is 20.2 Å². The molecule has 0 aromatic heterocycles. The molecule has 0 spiro atoms. The predicted octanol–water partition coefficient (Wildman–Crippen LogP) is 3.38. The molecule has 0 saturated heterocycles. The summed E-state index contributed by atoms with van der Waals surface area (Å²) in [7, 11) is 0. The quantitative estimate of drug-likeness (QED) is 0.800. The van der Waals surface area contributed by atoms with Gasteiger partial charge in [-0.3, -0.25) is 0 Å². The fraction of sp³-hybridized carbons (Fsp3) is 0.429. The lowest BCUT2D eigenvalue weighted by Gasteiger charge is -2.18. The minimum absolute atomic E-state index is 0.216. The van der Waals surface area contributed by atoms with E-state index in [4.69, 9.17) is 5.11 Å². The van der Waals surface area contributed by atoms with Crippen LogP contribution in [0.15, 0.2) is 30.3 Å². The molecule has 15 heavy (non-hydrogen) atoms. The van der Waals surface area contributed by atoms with E-state index < -0.39 is 0 Å². The largest absolute Gasteiger partial charge is 0.396 e. The Labute approximate surface area is 92.5 Å². The van der Waals surface area contributed by atoms with E-state index >= 15 is 0 Å². The average Bonchev–Trinajstić information content (AvgIpc) is 2.18. The van der Waals surface area contributed by atoms with Crippen molar-refractivity contribution in [1.82, 2.24) is 0 Å². The first-order valence-electron chi connectivity index (χ1n) is 5.42. The zero-order valence-electron chi connectivity index (χ0n) is 9.83. The third-order valence-electron chi connectivity index (χ3n) is 2.38. The Morgan fingerprint density at radius 2 is 1.73 bits per heavy atom. The first kappa shape index (κ1) is 12.0. The molecule has 0 amide bonds. The van der Waals surface area contributed by atoms with E-state index in [1.165, 1.54) is 11.1 Å². The van der Waals surface area contributed by atoms with Crippen LogP contribution in [0.3, 0.4) is 0 Å². The maximum Gasteiger partial charge on any atom is 0.0465 e. The Balaban J connectivity index is 2.73. The van der Waals surface area contributed by atoms with Crippen molar-refractivity contribution < 1.29 is 5.11 Å². The van der Waals surface area contributed by atoms with Gasteiger partial charge in [0.2, 0.25) is 0 Å². The van der Waals surface area contributed by atoms with Gasteiger partial charge in [-0.25, -0.2) is 0 Å². The van der Waals surface area contributed by atoms with Gasteiger partial charge < -0.3 is 5.11 Å². The Kier molecular flexibility index (Phi) is 4.10. The molecule has 0 radical (unpaired) electrons. The summed E-state index contributed by atoms with van der Waals surface area (Å²) in [6.45, 7) is 6.85. The standard InChI is InChI=1S/C14H20O/c1-14(2,3)13-9-7-12(8-10-13)6-4-5-11-15/h4,6-10,15H,5,11H2,1-3H3. The summed E-state index contributed by atoms with van der Waals surface area (Å²) in [5.41, 5.74) is 2.76. The lowest BCUT2D eigenvalue weighted by molar-refractivity contribution is 0.303. The lowest BCUT2D eigenvalue weighted by Crippen LogP contribution is -2.10. The molecule has 0 unspecified atom stereocenters. The van der Waals surface area contributed by atoms with E-state index in [0.717, 1.165) is 6.42 Å². The summed E-state index contributed by atoms with van der Waals surface area (Å²) in [5, 5.41) is 8.64. The molecule has 0 saturated carbocycles. The minimum Gasteiger partial charge on any atom is -0.396 e. The second-order valence-electron chi connectivity index (χ2n) is 4.79. The van der Waals surface area contributed by atoms with Crippen LogP contribution in [-0.4, -0.2) is 11.7 Å². The van der Waals surface area contributed by atoms with Crippen molar-refractivity contribution in [2.75, 3.05) is 6.61 Å². The van der Waals surface area contributed by atoms with Gasteiger partial charge in [-0.1, -0.05) is 57.2 Å². The lowest BCUT2D eigenvalue weighted by atomic mass is 9.87. The number of rotatable bonds is 3. The summed E-state index contributed by atoms with van der Waals surface area (Å²) < 4.78 is 0. The predicted molar refractivity (Wildman–Crippen MR) is 65.9 cm³/mol. The van der Waals surface area contributed by atoms with Crippen molar-refractivity contribution in [1.29, 1.82) is 0 Å². The van der Waals surface area contributed by atoms with Crippen LogP contribution < -0.4 is 0 Å². The van der Waals surface area contributed by atoms with Gasteiger partial charge in [0.05, 0.1) is 0 Å². The van der Waals surface area contributed by atoms with Crippen molar-refractivity contribution in [2.45, 2.75) is 32.6 Å². The van der Waals surface area contributed by atoms with Crippen LogP contribution in [0.4, 0.5) is 0 Å². The molecule has 1 nitrogen and oxygen atoms in total. The van der Waals surface area contributed by atoms with Gasteiger partial charge in [-0.2, -0.15) is 0 Å². The van der Waals surface area contributed by atoms with Crippen LogP contribution in [0.1, 0.15) is 38.3 Å². The van der Waals surface area contributed by atoms with Crippen LogP contribution in [0.5, 0.6) is 0 Å². The van der Waals surface area contributed by atoms with Gasteiger partial charge in [-0.05, 0) is 23.0 Å². The van der Waals surface area contributed by atoms with Gasteiger partial charge in [-0.15, -0.1) is 0 Å². The van der Waals surface area contributed by atoms with E-state index in [-0.39, 0.29) is 12.0 Å². The Bertz CT molecular complexity index is 314. The zero-order chi connectivity index (χ0) is 11.3. The SMILES string of the molecule is CC(C)(C)c1ccc(C=CCCO)cc1. The second kappa shape index (κ2) is 5.13. The van der Waals surface area contributed by atoms with E-state index in [2.05, 4.69) is 45.0 Å². The molecule has 0 heterocycles. The van der Waals surface area contributed by atoms with E-state index in [1.807, 2.05) is 12.2 Å². The molecule has 0 fully saturated rings. The van der Waals surface area contributed by atoms with Crippen LogP contribution in [0, 0.1) is 0 Å². The van der Waals surface area contributed by atoms with E-state index in [9.17, 15) is 0 Å². The molecular weight excluding hydrogens is 184 g/mol. The summed E-state index contributed by atoms with van der Waals surface area (Å²) in [5.74, 6) is 0. The fourth-order valence-electron chi connectivity index (χ4n) is 1.39. The van der Waals surface area contributed by atoms with E-state index in [0.29, 0.717) is 0 Å². The van der Waals surface area contributed by atoms with Crippen molar-refractivity contribution in [3.63, 3.8) is 0 Å². The van der Waals surface area contributed by atoms with E-state index in [1.54, 1.807) is 0 Å². The smallest absolute Gasteiger partial charge is 0.0465 e. The molecule has 1 N–H and O–H groups in total.